The van der Waals surface area contributed by atoms with Crippen molar-refractivity contribution in [1.82, 2.24) is 9.80 Å². The van der Waals surface area contributed by atoms with Crippen LogP contribution in [-0.2, 0) is 22.4 Å². The fourth-order valence-electron chi connectivity index (χ4n) is 8.32. The third-order valence-corrected chi connectivity index (χ3v) is 14.2. The summed E-state index contributed by atoms with van der Waals surface area (Å²) < 4.78 is 0. The van der Waals surface area contributed by atoms with Crippen LogP contribution in [0.1, 0.15) is 119 Å². The number of nitrogens with zero attached hydrogens (tertiary/aromatic N) is 2. The minimum Gasteiger partial charge on any atom is -0.330 e. The molecule has 8 heteroatoms. The summed E-state index contributed by atoms with van der Waals surface area (Å²) in [5.74, 6) is 0.645. The number of aryl methyl sites for hydroxylation is 2. The predicted octanol–water partition coefficient (Wildman–Crippen LogP) is 11.6. The van der Waals surface area contributed by atoms with Gasteiger partial charge in [-0.3, -0.25) is 9.59 Å². The van der Waals surface area contributed by atoms with E-state index in [1.165, 1.54) is 24.0 Å². The Bertz CT molecular complexity index is 2000. The van der Waals surface area contributed by atoms with Crippen LogP contribution in [0.2, 0.25) is 0 Å². The van der Waals surface area contributed by atoms with E-state index in [9.17, 15) is 0 Å². The summed E-state index contributed by atoms with van der Waals surface area (Å²) in [7, 11) is 0. The van der Waals surface area contributed by atoms with Gasteiger partial charge in [-0.05, 0) is 110 Å². The second-order valence-corrected chi connectivity index (χ2v) is 18.1. The van der Waals surface area contributed by atoms with Gasteiger partial charge in [0.1, 0.15) is 0 Å². The van der Waals surface area contributed by atoms with Crippen LogP contribution in [0.4, 0.5) is 0 Å². The van der Waals surface area contributed by atoms with Crippen molar-refractivity contribution in [3.8, 4) is 20.9 Å². The number of amides is 2. The molecule has 0 spiro atoms. The summed E-state index contributed by atoms with van der Waals surface area (Å²) in [6, 6.07) is 26.1. The molecule has 2 atom stereocenters. The molecule has 0 saturated carbocycles. The van der Waals surface area contributed by atoms with Gasteiger partial charge in [0.25, 0.3) is 11.8 Å². The van der Waals surface area contributed by atoms with Crippen molar-refractivity contribution in [3.63, 3.8) is 0 Å². The standard InChI is InChI=1S/C49H64N4O2S2/c1-5-9-11-15-35(8-4)33-53-47(43-29-27-41(57-43)39-24-20-37(21-25-39)17-13-31-51)45-44(49(53)55)46(52(48(45)54)32-34(7-3)14-10-6-2)42-28-26-40(56-42)38-22-18-36(19-23-38)16-12-30-50/h18-29,34-35H,5-17,30-33,50-51H2,1-4H3. The van der Waals surface area contributed by atoms with Crippen molar-refractivity contribution < 1.29 is 9.59 Å². The van der Waals surface area contributed by atoms with Crippen LogP contribution in [-0.4, -0.2) is 47.8 Å². The van der Waals surface area contributed by atoms with E-state index in [4.69, 9.17) is 11.5 Å². The minimum absolute atomic E-state index is 0.0280. The summed E-state index contributed by atoms with van der Waals surface area (Å²) in [4.78, 5) is 38.6. The normalized spacial score (nSPS) is 15.4. The summed E-state index contributed by atoms with van der Waals surface area (Å²) in [6.07, 6.45) is 13.7. The highest BCUT2D eigenvalue weighted by Crippen LogP contribution is 2.50. The maximum Gasteiger partial charge on any atom is 0.261 e. The quantitative estimate of drug-likeness (QED) is 0.0730. The molecule has 0 bridgehead atoms. The Balaban J connectivity index is 1.46. The molecule has 2 unspecified atom stereocenters. The Hall–Kier alpha value is -3.82. The third kappa shape index (κ3) is 9.90. The fourth-order valence-corrected chi connectivity index (χ4v) is 10.5. The molecule has 6 rings (SSSR count). The average molecular weight is 805 g/mol. The van der Waals surface area contributed by atoms with Crippen molar-refractivity contribution >= 4 is 45.9 Å². The van der Waals surface area contributed by atoms with E-state index in [2.05, 4.69) is 100 Å². The van der Waals surface area contributed by atoms with E-state index < -0.39 is 0 Å². The van der Waals surface area contributed by atoms with Crippen LogP contribution < -0.4 is 11.5 Å². The Labute approximate surface area is 350 Å². The zero-order valence-corrected chi connectivity index (χ0v) is 36.4. The van der Waals surface area contributed by atoms with Crippen molar-refractivity contribution in [3.05, 3.63) is 105 Å². The molecule has 4 aromatic rings. The number of carbonyl (C=O) groups excluding carboxylic acids is 2. The summed E-state index contributed by atoms with van der Waals surface area (Å²) in [5.41, 5.74) is 19.2. The monoisotopic (exact) mass is 804 g/mol. The van der Waals surface area contributed by atoms with Gasteiger partial charge in [-0.2, -0.15) is 0 Å². The van der Waals surface area contributed by atoms with Gasteiger partial charge in [-0.25, -0.2) is 0 Å². The number of thiophene rings is 2. The van der Waals surface area contributed by atoms with Gasteiger partial charge < -0.3 is 21.3 Å². The molecule has 57 heavy (non-hydrogen) atoms. The molecular formula is C49H64N4O2S2. The van der Waals surface area contributed by atoms with Crippen molar-refractivity contribution in [2.75, 3.05) is 26.2 Å². The second-order valence-electron chi connectivity index (χ2n) is 16.0. The lowest BCUT2D eigenvalue weighted by Gasteiger charge is -2.29. The van der Waals surface area contributed by atoms with Gasteiger partial charge in [0.15, 0.2) is 0 Å². The Kier molecular flexibility index (Phi) is 15.6. The van der Waals surface area contributed by atoms with E-state index >= 15 is 9.59 Å². The van der Waals surface area contributed by atoms with Gasteiger partial charge >= 0.3 is 0 Å². The largest absolute Gasteiger partial charge is 0.330 e. The smallest absolute Gasteiger partial charge is 0.261 e. The minimum atomic E-state index is -0.0294. The molecule has 0 saturated heterocycles. The van der Waals surface area contributed by atoms with Crippen molar-refractivity contribution in [2.45, 2.75) is 111 Å². The second kappa shape index (κ2) is 20.7. The molecule has 2 amide bonds. The number of hydrogen-bond donors (Lipinski definition) is 2. The molecule has 0 fully saturated rings. The van der Waals surface area contributed by atoms with E-state index in [1.807, 2.05) is 9.80 Å². The van der Waals surface area contributed by atoms with Crippen molar-refractivity contribution in [1.29, 1.82) is 0 Å². The molecule has 2 aromatic carbocycles. The van der Waals surface area contributed by atoms with Gasteiger partial charge in [0.05, 0.1) is 32.3 Å². The number of unbranched alkanes of at least 4 members (excludes halogenated alkanes) is 3. The van der Waals surface area contributed by atoms with Crippen LogP contribution >= 0.6 is 22.7 Å². The molecule has 304 valence electrons. The van der Waals surface area contributed by atoms with Crippen molar-refractivity contribution in [2.24, 2.45) is 23.3 Å². The molecule has 2 aliphatic heterocycles. The van der Waals surface area contributed by atoms with Crippen LogP contribution in [0.25, 0.3) is 32.3 Å². The van der Waals surface area contributed by atoms with E-state index in [0.717, 1.165) is 113 Å². The van der Waals surface area contributed by atoms with E-state index in [-0.39, 0.29) is 11.8 Å². The highest BCUT2D eigenvalue weighted by Gasteiger charge is 2.50. The zero-order valence-electron chi connectivity index (χ0n) is 34.8. The molecule has 6 nitrogen and oxygen atoms in total. The Morgan fingerprint density at radius 1 is 0.509 bits per heavy atom. The number of carbonyl (C=O) groups is 2. The molecule has 4 heterocycles. The number of hydrogen-bond acceptors (Lipinski definition) is 6. The third-order valence-electron chi connectivity index (χ3n) is 11.9. The van der Waals surface area contributed by atoms with E-state index in [0.29, 0.717) is 49.2 Å². The first-order chi connectivity index (χ1) is 27.8. The highest BCUT2D eigenvalue weighted by molar-refractivity contribution is 7.17. The summed E-state index contributed by atoms with van der Waals surface area (Å²) >= 11 is 3.37. The van der Waals surface area contributed by atoms with Crippen LogP contribution in [0.15, 0.2) is 83.9 Å². The summed E-state index contributed by atoms with van der Waals surface area (Å²) in [5, 5.41) is 0. The molecule has 0 radical (unpaired) electrons. The van der Waals surface area contributed by atoms with E-state index in [1.54, 1.807) is 22.7 Å². The SMILES string of the molecule is CCCCCC(CC)CN1C(=O)C2=C(c3ccc(-c4ccc(CCCN)cc4)s3)N(CC(CC)CCCC)C(=O)C2=C1c1ccc(-c2ccc(CCCN)cc2)s1. The van der Waals surface area contributed by atoms with Crippen LogP contribution in [0.3, 0.4) is 0 Å². The fraction of sp³-hybridized carbons (Fsp3) is 0.469. The molecule has 2 aliphatic rings. The molecule has 0 aliphatic carbocycles. The lowest BCUT2D eigenvalue weighted by molar-refractivity contribution is -0.124. The maximum atomic E-state index is 15.2. The molecule has 4 N–H and O–H groups in total. The van der Waals surface area contributed by atoms with Gasteiger partial charge in [0.2, 0.25) is 0 Å². The number of fused-ring (bicyclic) bond motifs is 1. The number of rotatable bonds is 23. The Morgan fingerprint density at radius 2 is 0.912 bits per heavy atom. The van der Waals surface area contributed by atoms with Crippen LogP contribution in [0, 0.1) is 11.8 Å². The first-order valence-electron chi connectivity index (χ1n) is 21.8. The van der Waals surface area contributed by atoms with Gasteiger partial charge in [0, 0.05) is 22.8 Å². The zero-order chi connectivity index (χ0) is 40.3. The van der Waals surface area contributed by atoms with Gasteiger partial charge in [-0.1, -0.05) is 121 Å². The first kappa shape index (κ1) is 42.8. The topological polar surface area (TPSA) is 92.7 Å². The number of benzene rings is 2. The maximum absolute atomic E-state index is 15.2. The Morgan fingerprint density at radius 3 is 1.30 bits per heavy atom. The number of nitrogens with two attached hydrogens (primary N) is 2. The molecular weight excluding hydrogens is 741 g/mol. The van der Waals surface area contributed by atoms with Crippen LogP contribution in [0.5, 0.6) is 0 Å². The first-order valence-corrected chi connectivity index (χ1v) is 23.4. The highest BCUT2D eigenvalue weighted by atomic mass is 32.1. The lowest BCUT2D eigenvalue weighted by Crippen LogP contribution is -2.34. The van der Waals surface area contributed by atoms with Gasteiger partial charge in [-0.15, -0.1) is 22.7 Å². The average Bonchev–Trinajstić information content (AvgIpc) is 4.03. The molecule has 2 aromatic heterocycles. The predicted molar refractivity (Wildman–Crippen MR) is 243 cm³/mol. The lowest BCUT2D eigenvalue weighted by atomic mass is 9.97. The summed E-state index contributed by atoms with van der Waals surface area (Å²) in [6.45, 7) is 11.5.